The highest BCUT2D eigenvalue weighted by Crippen LogP contribution is 2.41. The Bertz CT molecular complexity index is 3510. The molecule has 7 aromatic rings. The van der Waals surface area contributed by atoms with E-state index in [-0.39, 0.29) is 23.3 Å². The van der Waals surface area contributed by atoms with Crippen molar-refractivity contribution in [2.75, 3.05) is 80.3 Å². The number of nitrogens with one attached hydrogen (secondary N) is 4. The third-order valence-corrected chi connectivity index (χ3v) is 15.9. The van der Waals surface area contributed by atoms with Gasteiger partial charge in [0.1, 0.15) is 23.0 Å². The number of benzene rings is 3. The first-order chi connectivity index (χ1) is 37.1. The molecule has 380 valence electrons. The topological polar surface area (TPSA) is 147 Å². The molecule has 4 aliphatic heterocycles. The minimum Gasteiger partial charge on any atom is -0.368 e. The van der Waals surface area contributed by atoms with Crippen LogP contribution in [0.15, 0.2) is 122 Å². The molecule has 2 saturated heterocycles. The molecule has 76 heavy (non-hydrogen) atoms. The summed E-state index contributed by atoms with van der Waals surface area (Å²) in [5.74, 6) is 15.0. The molecule has 3 fully saturated rings. The fourth-order valence-corrected chi connectivity index (χ4v) is 11.7. The van der Waals surface area contributed by atoms with Crippen LogP contribution in [0, 0.1) is 36.5 Å². The SMILES string of the molecule is Cc1cccc(C#Cc2cc(-c3ccc(Nc4ccc(N5CCN(C)C6(CCCC(C#Cc7cc(-c8ccc(Nc9ccc(N%10CCN(C)CC%10)cn9)c9c8CNC9=O)ccn7)C6)C5)cn4)c4c3CNC4=O)ccn2)c1. The number of hydrogen-bond acceptors (Lipinski definition) is 12. The second-order valence-electron chi connectivity index (χ2n) is 20.8. The number of rotatable bonds is 8. The van der Waals surface area contributed by atoms with Crippen molar-refractivity contribution in [3.8, 4) is 45.9 Å². The molecule has 5 aliphatic rings. The number of aryl methyl sites for hydroxylation is 1. The van der Waals surface area contributed by atoms with Crippen molar-refractivity contribution in [3.05, 3.63) is 167 Å². The van der Waals surface area contributed by atoms with Gasteiger partial charge in [0.05, 0.1) is 46.3 Å². The summed E-state index contributed by atoms with van der Waals surface area (Å²) < 4.78 is 0. The van der Waals surface area contributed by atoms with E-state index in [2.05, 4.69) is 133 Å². The van der Waals surface area contributed by atoms with Crippen molar-refractivity contribution in [2.24, 2.45) is 5.92 Å². The van der Waals surface area contributed by atoms with E-state index >= 15 is 0 Å². The van der Waals surface area contributed by atoms with E-state index < -0.39 is 0 Å². The highest BCUT2D eigenvalue weighted by Gasteiger charge is 2.43. The van der Waals surface area contributed by atoms with Gasteiger partial charge in [0.2, 0.25) is 0 Å². The van der Waals surface area contributed by atoms with Crippen LogP contribution in [-0.2, 0) is 13.1 Å². The molecule has 1 aliphatic carbocycles. The summed E-state index contributed by atoms with van der Waals surface area (Å²) >= 11 is 0. The van der Waals surface area contributed by atoms with Crippen molar-refractivity contribution >= 4 is 46.2 Å². The van der Waals surface area contributed by atoms with Gasteiger partial charge in [-0.3, -0.25) is 14.5 Å². The number of fused-ring (bicyclic) bond motifs is 2. The number of pyridine rings is 4. The molecular weight excluding hydrogens is 945 g/mol. The minimum absolute atomic E-state index is 0.0288. The summed E-state index contributed by atoms with van der Waals surface area (Å²) in [4.78, 5) is 55.2. The van der Waals surface area contributed by atoms with Crippen molar-refractivity contribution in [1.82, 2.24) is 40.4 Å². The Balaban J connectivity index is 0.706. The van der Waals surface area contributed by atoms with E-state index in [0.29, 0.717) is 47.2 Å². The Hall–Kier alpha value is -8.56. The van der Waals surface area contributed by atoms with Crippen LogP contribution in [0.2, 0.25) is 0 Å². The van der Waals surface area contributed by atoms with Gasteiger partial charge in [0, 0.05) is 88.3 Å². The van der Waals surface area contributed by atoms with Crippen LogP contribution >= 0.6 is 0 Å². The molecule has 1 saturated carbocycles. The van der Waals surface area contributed by atoms with E-state index in [1.54, 1.807) is 6.20 Å². The van der Waals surface area contributed by atoms with Gasteiger partial charge in [-0.05, 0) is 164 Å². The van der Waals surface area contributed by atoms with Crippen molar-refractivity contribution in [1.29, 1.82) is 0 Å². The molecule has 14 heteroatoms. The summed E-state index contributed by atoms with van der Waals surface area (Å²) in [5.41, 5.74) is 14.1. The van der Waals surface area contributed by atoms with Gasteiger partial charge in [0.15, 0.2) is 0 Å². The predicted molar refractivity (Wildman–Crippen MR) is 300 cm³/mol. The lowest BCUT2D eigenvalue weighted by molar-refractivity contribution is 0.0513. The van der Waals surface area contributed by atoms with Crippen LogP contribution in [0.4, 0.5) is 34.4 Å². The monoisotopic (exact) mass is 1000 g/mol. The van der Waals surface area contributed by atoms with Gasteiger partial charge in [-0.25, -0.2) is 19.9 Å². The smallest absolute Gasteiger partial charge is 0.254 e. The summed E-state index contributed by atoms with van der Waals surface area (Å²) in [5, 5.41) is 13.0. The van der Waals surface area contributed by atoms with Crippen LogP contribution in [0.5, 0.6) is 0 Å². The van der Waals surface area contributed by atoms with Crippen LogP contribution in [0.25, 0.3) is 22.3 Å². The lowest BCUT2D eigenvalue weighted by atomic mass is 9.73. The average Bonchev–Trinajstić information content (AvgIpc) is 4.04. The van der Waals surface area contributed by atoms with E-state index in [1.165, 1.54) is 0 Å². The number of hydrogen-bond donors (Lipinski definition) is 4. The first-order valence-corrected chi connectivity index (χ1v) is 26.4. The van der Waals surface area contributed by atoms with Gasteiger partial charge < -0.3 is 36.0 Å². The van der Waals surface area contributed by atoms with Crippen LogP contribution < -0.4 is 31.1 Å². The summed E-state index contributed by atoms with van der Waals surface area (Å²) in [6.45, 7) is 9.66. The number of carbonyl (C=O) groups is 2. The maximum atomic E-state index is 13.3. The molecule has 2 atom stereocenters. The predicted octanol–water partition coefficient (Wildman–Crippen LogP) is 8.77. The molecule has 0 bridgehead atoms. The Morgan fingerprint density at radius 3 is 1.84 bits per heavy atom. The Kier molecular flexibility index (Phi) is 13.1. The van der Waals surface area contributed by atoms with Crippen molar-refractivity contribution < 1.29 is 9.59 Å². The fraction of sp³-hybridized carbons (Fsp3) is 0.290. The number of anilines is 6. The zero-order valence-electron chi connectivity index (χ0n) is 43.2. The molecule has 4 aromatic heterocycles. The Morgan fingerprint density at radius 2 is 1.24 bits per heavy atom. The maximum Gasteiger partial charge on any atom is 0.254 e. The molecule has 1 spiro atoms. The number of carbonyl (C=O) groups excluding carboxylic acids is 2. The normalized spacial score (nSPS) is 19.2. The maximum absolute atomic E-state index is 13.3. The number of piperazine rings is 2. The fourth-order valence-electron chi connectivity index (χ4n) is 11.7. The molecule has 4 N–H and O–H groups in total. The zero-order chi connectivity index (χ0) is 51.8. The Morgan fingerprint density at radius 1 is 0.632 bits per heavy atom. The molecule has 8 heterocycles. The van der Waals surface area contributed by atoms with Crippen LogP contribution in [0.3, 0.4) is 0 Å². The number of likely N-dealkylation sites (N-methyl/N-ethyl adjacent to an activating group) is 2. The van der Waals surface area contributed by atoms with Gasteiger partial charge in [-0.2, -0.15) is 0 Å². The van der Waals surface area contributed by atoms with Crippen molar-refractivity contribution in [2.45, 2.75) is 51.2 Å². The number of aromatic nitrogens is 4. The summed E-state index contributed by atoms with van der Waals surface area (Å²) in [7, 11) is 4.42. The highest BCUT2D eigenvalue weighted by atomic mass is 16.2. The minimum atomic E-state index is -0.112. The molecule has 2 unspecified atom stereocenters. The first-order valence-electron chi connectivity index (χ1n) is 26.4. The van der Waals surface area contributed by atoms with Gasteiger partial charge in [-0.15, -0.1) is 0 Å². The van der Waals surface area contributed by atoms with Crippen LogP contribution in [0.1, 0.15) is 80.0 Å². The summed E-state index contributed by atoms with van der Waals surface area (Å²) in [6.07, 6.45) is 11.7. The quantitative estimate of drug-likeness (QED) is 0.108. The zero-order valence-corrected chi connectivity index (χ0v) is 43.2. The lowest BCUT2D eigenvalue weighted by Gasteiger charge is -2.53. The van der Waals surface area contributed by atoms with Gasteiger partial charge in [0.25, 0.3) is 11.8 Å². The third-order valence-electron chi connectivity index (χ3n) is 15.9. The second-order valence-corrected chi connectivity index (χ2v) is 20.8. The van der Waals surface area contributed by atoms with Crippen LogP contribution in [-0.4, -0.2) is 107 Å². The highest BCUT2D eigenvalue weighted by molar-refractivity contribution is 6.07. The molecule has 12 rings (SSSR count). The van der Waals surface area contributed by atoms with Gasteiger partial charge >= 0.3 is 0 Å². The molecule has 3 aromatic carbocycles. The van der Waals surface area contributed by atoms with E-state index in [9.17, 15) is 9.59 Å². The number of nitrogens with zero attached hydrogens (tertiary/aromatic N) is 8. The van der Waals surface area contributed by atoms with E-state index in [4.69, 9.17) is 15.0 Å². The standard InChI is InChI=1S/C62H60N12O2/c1-41-6-4-7-42(32-41)9-11-46-33-44(21-24-63-46)50-15-18-55(59-52(50)38-67-61(59)76)70-57-20-14-49(37-66-57)74-31-28-72(3)62(40-74)23-5-8-43(35-62)10-12-47-34-45(22-25-64-47)51-16-17-54(58-53(51)39-68-60(58)75)69-56-19-13-48(36-65-56)73-29-26-71(2)27-30-73/h4,6-7,13-22,24-25,32-34,36-37,43H,5,8,23,26-31,35,38-40H2,1-3H3,(H,65,69)(H,66,70)(H,67,76)(H,68,75). The second kappa shape index (κ2) is 20.6. The average molecular weight is 1010 g/mol. The van der Waals surface area contributed by atoms with Crippen molar-refractivity contribution in [3.63, 3.8) is 0 Å². The lowest BCUT2D eigenvalue weighted by Crippen LogP contribution is -2.62. The van der Waals surface area contributed by atoms with Gasteiger partial charge in [-0.1, -0.05) is 42.5 Å². The summed E-state index contributed by atoms with van der Waals surface area (Å²) in [6, 6.07) is 32.4. The van der Waals surface area contributed by atoms with E-state index in [0.717, 1.165) is 139 Å². The largest absolute Gasteiger partial charge is 0.368 e. The molecule has 2 amide bonds. The third kappa shape index (κ3) is 9.93. The first kappa shape index (κ1) is 48.4. The molecular formula is C62H60N12O2. The Labute approximate surface area is 444 Å². The molecule has 0 radical (unpaired) electrons. The molecule has 14 nitrogen and oxygen atoms in total. The van der Waals surface area contributed by atoms with E-state index in [1.807, 2.05) is 73.2 Å². The number of amides is 2.